The van der Waals surface area contributed by atoms with E-state index in [1.807, 2.05) is 32.9 Å². The molecule has 0 aromatic heterocycles. The molecule has 2 nitrogen and oxygen atoms in total. The number of rotatable bonds is 6. The van der Waals surface area contributed by atoms with Crippen molar-refractivity contribution >= 4 is 21.6 Å². The van der Waals surface area contributed by atoms with Gasteiger partial charge in [-0.15, -0.1) is 0 Å². The van der Waals surface area contributed by atoms with Crippen molar-refractivity contribution in [3.8, 4) is 0 Å². The van der Waals surface area contributed by atoms with Crippen molar-refractivity contribution in [1.82, 2.24) is 0 Å². The molecule has 1 aromatic carbocycles. The van der Waals surface area contributed by atoms with Crippen LogP contribution in [-0.2, 0) is 0 Å². The molecule has 0 aliphatic carbocycles. The quantitative estimate of drug-likeness (QED) is 0.748. The predicted molar refractivity (Wildman–Crippen MR) is 84.6 cm³/mol. The van der Waals surface area contributed by atoms with E-state index in [4.69, 9.17) is 5.73 Å². The number of anilines is 1. The molecule has 3 N–H and O–H groups in total. The minimum Gasteiger partial charge on any atom is -0.379 e. The molecule has 0 amide bonds. The van der Waals surface area contributed by atoms with Crippen LogP contribution in [0.25, 0.3) is 0 Å². The van der Waals surface area contributed by atoms with Gasteiger partial charge in [0.2, 0.25) is 0 Å². The fraction of sp³-hybridized carbons (Fsp3) is 0.600. The predicted octanol–water partition coefficient (Wildman–Crippen LogP) is 4.93. The topological polar surface area (TPSA) is 38.0 Å². The van der Waals surface area contributed by atoms with Crippen LogP contribution in [0.1, 0.15) is 37.3 Å². The lowest BCUT2D eigenvalue weighted by Crippen LogP contribution is -2.42. The molecule has 1 rings (SSSR count). The van der Waals surface area contributed by atoms with Gasteiger partial charge in [0.05, 0.1) is 0 Å². The molecule has 1 aromatic rings. The molecule has 21 heavy (non-hydrogen) atoms. The minimum absolute atomic E-state index is 0.0681. The number of alkyl halides is 3. The van der Waals surface area contributed by atoms with Gasteiger partial charge >= 0.3 is 6.18 Å². The number of nitrogens with one attached hydrogen (secondary N) is 1. The van der Waals surface area contributed by atoms with E-state index in [9.17, 15) is 13.2 Å². The Morgan fingerprint density at radius 2 is 1.67 bits per heavy atom. The summed E-state index contributed by atoms with van der Waals surface area (Å²) in [5.74, 6) is 0. The van der Waals surface area contributed by atoms with Crippen LogP contribution in [-0.4, -0.2) is 18.3 Å². The first-order valence-electron chi connectivity index (χ1n) is 6.88. The highest BCUT2D eigenvalue weighted by Gasteiger charge is 2.29. The second-order valence-electron chi connectivity index (χ2n) is 5.78. The molecule has 6 heteroatoms. The molecular weight excluding hydrogens is 345 g/mol. The van der Waals surface area contributed by atoms with Gasteiger partial charge in [0.25, 0.3) is 0 Å². The summed E-state index contributed by atoms with van der Waals surface area (Å²) in [6.45, 7) is 6.09. The first-order chi connectivity index (χ1) is 9.56. The number of nitrogens with two attached hydrogens (primary N) is 1. The number of hydrogen-bond donors (Lipinski definition) is 2. The van der Waals surface area contributed by atoms with Crippen LogP contribution in [0.3, 0.4) is 0 Å². The molecule has 0 spiro atoms. The normalized spacial score (nSPS) is 14.9. The highest BCUT2D eigenvalue weighted by molar-refractivity contribution is 9.10. The highest BCUT2D eigenvalue weighted by atomic mass is 79.9. The Morgan fingerprint density at radius 3 is 2.10 bits per heavy atom. The fourth-order valence-corrected chi connectivity index (χ4v) is 2.49. The molecule has 0 saturated heterocycles. The summed E-state index contributed by atoms with van der Waals surface area (Å²) in [5.41, 5.74) is 8.25. The van der Waals surface area contributed by atoms with Gasteiger partial charge in [0.1, 0.15) is 0 Å². The Hall–Kier alpha value is -0.750. The molecule has 0 radical (unpaired) electrons. The molecule has 0 aliphatic heterocycles. The summed E-state index contributed by atoms with van der Waals surface area (Å²) in [4.78, 5) is 0. The second kappa shape index (κ2) is 7.01. The van der Waals surface area contributed by atoms with E-state index in [1.165, 1.54) is 0 Å². The van der Waals surface area contributed by atoms with Crippen molar-refractivity contribution in [3.63, 3.8) is 0 Å². The Balaban J connectivity index is 2.76. The van der Waals surface area contributed by atoms with Crippen molar-refractivity contribution in [2.24, 2.45) is 5.73 Å². The van der Waals surface area contributed by atoms with Crippen LogP contribution in [0.2, 0.25) is 0 Å². The van der Waals surface area contributed by atoms with Crippen molar-refractivity contribution in [2.45, 2.75) is 51.7 Å². The Morgan fingerprint density at radius 1 is 1.14 bits per heavy atom. The van der Waals surface area contributed by atoms with E-state index in [0.717, 1.165) is 21.3 Å². The summed E-state index contributed by atoms with van der Waals surface area (Å²) >= 11 is 3.50. The van der Waals surface area contributed by atoms with Gasteiger partial charge in [-0.05, 0) is 56.9 Å². The maximum atomic E-state index is 12.3. The number of hydrogen-bond acceptors (Lipinski definition) is 2. The smallest absolute Gasteiger partial charge is 0.379 e. The zero-order valence-electron chi connectivity index (χ0n) is 12.6. The van der Waals surface area contributed by atoms with E-state index in [2.05, 4.69) is 21.2 Å². The zero-order chi connectivity index (χ0) is 16.3. The highest BCUT2D eigenvalue weighted by Crippen LogP contribution is 2.29. The van der Waals surface area contributed by atoms with Crippen LogP contribution in [0.4, 0.5) is 18.9 Å². The van der Waals surface area contributed by atoms with E-state index in [0.29, 0.717) is 6.42 Å². The summed E-state index contributed by atoms with van der Waals surface area (Å²) in [6, 6.07) is 3.93. The van der Waals surface area contributed by atoms with E-state index >= 15 is 0 Å². The molecule has 120 valence electrons. The number of halogens is 4. The van der Waals surface area contributed by atoms with Gasteiger partial charge in [-0.1, -0.05) is 15.9 Å². The Bertz CT molecular complexity index is 465. The number of benzene rings is 1. The molecule has 0 saturated carbocycles. The minimum atomic E-state index is -4.11. The largest absolute Gasteiger partial charge is 0.389 e. The van der Waals surface area contributed by atoms with E-state index < -0.39 is 18.1 Å². The lowest BCUT2D eigenvalue weighted by molar-refractivity contribution is -0.136. The van der Waals surface area contributed by atoms with Crippen LogP contribution in [0.5, 0.6) is 0 Å². The van der Waals surface area contributed by atoms with Gasteiger partial charge in [-0.2, -0.15) is 13.2 Å². The van der Waals surface area contributed by atoms with E-state index in [-0.39, 0.29) is 13.0 Å². The summed E-state index contributed by atoms with van der Waals surface area (Å²) in [7, 11) is 0. The lowest BCUT2D eigenvalue weighted by atomic mass is 9.94. The average molecular weight is 367 g/mol. The molecule has 0 aliphatic rings. The third kappa shape index (κ3) is 5.87. The van der Waals surface area contributed by atoms with Crippen molar-refractivity contribution in [1.29, 1.82) is 0 Å². The summed E-state index contributed by atoms with van der Waals surface area (Å²) in [6.07, 6.45) is -4.45. The molecule has 0 heterocycles. The van der Waals surface area contributed by atoms with E-state index in [1.54, 1.807) is 0 Å². The SMILES string of the molecule is Cc1cc(NC(C)(CN)CCCC(F)(F)F)cc(C)c1Br. The second-order valence-corrected chi connectivity index (χ2v) is 6.58. The van der Waals surface area contributed by atoms with Gasteiger partial charge in [-0.25, -0.2) is 0 Å². The fourth-order valence-electron chi connectivity index (χ4n) is 2.26. The zero-order valence-corrected chi connectivity index (χ0v) is 14.2. The van der Waals surface area contributed by atoms with Crippen LogP contribution >= 0.6 is 15.9 Å². The Labute approximate surface area is 132 Å². The Kier molecular flexibility index (Phi) is 6.11. The van der Waals surface area contributed by atoms with Gasteiger partial charge in [0, 0.05) is 28.7 Å². The average Bonchev–Trinajstić information content (AvgIpc) is 2.34. The van der Waals surface area contributed by atoms with Crippen LogP contribution in [0, 0.1) is 13.8 Å². The van der Waals surface area contributed by atoms with Gasteiger partial charge in [-0.3, -0.25) is 0 Å². The summed E-state index contributed by atoms with van der Waals surface area (Å²) in [5, 5.41) is 3.29. The lowest BCUT2D eigenvalue weighted by Gasteiger charge is -2.31. The first kappa shape index (κ1) is 18.3. The number of aryl methyl sites for hydroxylation is 2. The third-order valence-electron chi connectivity index (χ3n) is 3.52. The van der Waals surface area contributed by atoms with Crippen molar-refractivity contribution in [2.75, 3.05) is 11.9 Å². The molecule has 0 bridgehead atoms. The van der Waals surface area contributed by atoms with Gasteiger partial charge in [0.15, 0.2) is 0 Å². The molecule has 1 atom stereocenters. The molecule has 0 fully saturated rings. The summed E-state index contributed by atoms with van der Waals surface area (Å²) < 4.78 is 37.8. The molecule has 1 unspecified atom stereocenters. The monoisotopic (exact) mass is 366 g/mol. The van der Waals surface area contributed by atoms with Crippen molar-refractivity contribution < 1.29 is 13.2 Å². The van der Waals surface area contributed by atoms with Gasteiger partial charge < -0.3 is 11.1 Å². The van der Waals surface area contributed by atoms with Crippen LogP contribution < -0.4 is 11.1 Å². The first-order valence-corrected chi connectivity index (χ1v) is 7.67. The van der Waals surface area contributed by atoms with Crippen LogP contribution in [0.15, 0.2) is 16.6 Å². The molecular formula is C15H22BrF3N2. The third-order valence-corrected chi connectivity index (χ3v) is 4.77. The van der Waals surface area contributed by atoms with Crippen molar-refractivity contribution in [3.05, 3.63) is 27.7 Å². The maximum Gasteiger partial charge on any atom is 0.389 e. The maximum absolute atomic E-state index is 12.3. The standard InChI is InChI=1S/C15H22BrF3N2/c1-10-7-12(8-11(2)13(10)16)21-14(3,9-20)5-4-6-15(17,18)19/h7-8,21H,4-6,9,20H2,1-3H3.